The summed E-state index contributed by atoms with van der Waals surface area (Å²) in [7, 11) is 0. The van der Waals surface area contributed by atoms with Crippen LogP contribution < -0.4 is 21.5 Å². The van der Waals surface area contributed by atoms with E-state index in [1.165, 1.54) is 12.1 Å². The van der Waals surface area contributed by atoms with Crippen LogP contribution >= 0.6 is 0 Å². The molecule has 8 nitrogen and oxygen atoms in total. The van der Waals surface area contributed by atoms with Gasteiger partial charge in [0.1, 0.15) is 17.3 Å². The second-order valence-corrected chi connectivity index (χ2v) is 13.2. The average molecular weight is 603 g/mol. The Morgan fingerprint density at radius 2 is 1.70 bits per heavy atom. The number of carbonyl (C=O) groups is 1. The van der Waals surface area contributed by atoms with Gasteiger partial charge in [-0.3, -0.25) is 14.2 Å². The maximum atomic E-state index is 15.1. The Kier molecular flexibility index (Phi) is 8.33. The number of nitrogens with one attached hydrogen (secondary N) is 3. The minimum Gasteiger partial charge on any atom is -0.351 e. The number of amides is 1. The minimum atomic E-state index is -0.893. The third-order valence-corrected chi connectivity index (χ3v) is 8.18. The Morgan fingerprint density at radius 3 is 2.34 bits per heavy atom. The van der Waals surface area contributed by atoms with Crippen molar-refractivity contribution in [3.63, 3.8) is 0 Å². The van der Waals surface area contributed by atoms with E-state index >= 15 is 8.78 Å². The van der Waals surface area contributed by atoms with E-state index in [0.29, 0.717) is 22.2 Å². The lowest BCUT2D eigenvalue weighted by atomic mass is 9.80. The van der Waals surface area contributed by atoms with Gasteiger partial charge >= 0.3 is 0 Å². The van der Waals surface area contributed by atoms with Crippen LogP contribution in [0.4, 0.5) is 14.7 Å². The number of hydrogen-bond donors (Lipinski definition) is 3. The van der Waals surface area contributed by atoms with Gasteiger partial charge < -0.3 is 16.0 Å². The van der Waals surface area contributed by atoms with Crippen LogP contribution in [-0.4, -0.2) is 43.6 Å². The highest BCUT2D eigenvalue weighted by molar-refractivity contribution is 5.98. The topological polar surface area (TPSA) is 101 Å². The van der Waals surface area contributed by atoms with Gasteiger partial charge in [0, 0.05) is 45.7 Å². The summed E-state index contributed by atoms with van der Waals surface area (Å²) in [4.78, 5) is 36.0. The fourth-order valence-corrected chi connectivity index (χ4v) is 6.34. The lowest BCUT2D eigenvalue weighted by Crippen LogP contribution is -2.60. The van der Waals surface area contributed by atoms with Crippen molar-refractivity contribution in [1.82, 2.24) is 25.2 Å². The van der Waals surface area contributed by atoms with Crippen LogP contribution in [0.1, 0.15) is 76.7 Å². The normalized spacial score (nSPS) is 16.9. The molecule has 1 saturated heterocycles. The molecule has 44 heavy (non-hydrogen) atoms. The number of pyridine rings is 1. The van der Waals surface area contributed by atoms with Crippen LogP contribution in [-0.2, 0) is 0 Å². The monoisotopic (exact) mass is 602 g/mol. The van der Waals surface area contributed by atoms with E-state index in [9.17, 15) is 9.59 Å². The van der Waals surface area contributed by atoms with Crippen molar-refractivity contribution < 1.29 is 13.6 Å². The number of nitrogens with zero attached hydrogens (tertiary/aromatic N) is 3. The molecule has 0 saturated carbocycles. The summed E-state index contributed by atoms with van der Waals surface area (Å²) in [6.07, 6.45) is 2.31. The fourth-order valence-electron chi connectivity index (χ4n) is 6.34. The third-order valence-electron chi connectivity index (χ3n) is 8.18. The molecule has 1 aliphatic heterocycles. The third kappa shape index (κ3) is 6.36. The molecule has 1 atom stereocenters. The maximum absolute atomic E-state index is 15.1. The summed E-state index contributed by atoms with van der Waals surface area (Å²) in [5.74, 6) is -1.79. The van der Waals surface area contributed by atoms with Crippen molar-refractivity contribution in [1.29, 1.82) is 0 Å². The first-order valence-corrected chi connectivity index (χ1v) is 15.0. The van der Waals surface area contributed by atoms with Crippen LogP contribution in [0.2, 0.25) is 0 Å². The van der Waals surface area contributed by atoms with Gasteiger partial charge in [0.25, 0.3) is 11.5 Å². The Labute approximate surface area is 256 Å². The number of fused-ring (bicyclic) bond motifs is 1. The van der Waals surface area contributed by atoms with Crippen LogP contribution in [0.5, 0.6) is 0 Å². The van der Waals surface area contributed by atoms with E-state index in [1.807, 2.05) is 26.8 Å². The predicted octanol–water partition coefficient (Wildman–Crippen LogP) is 6.28. The van der Waals surface area contributed by atoms with Crippen LogP contribution in [0.25, 0.3) is 28.0 Å². The van der Waals surface area contributed by atoms with Crippen LogP contribution in [0, 0.1) is 18.6 Å². The molecule has 0 aliphatic carbocycles. The molecule has 5 rings (SSSR count). The number of halogens is 2. The molecular weight excluding hydrogens is 562 g/mol. The summed E-state index contributed by atoms with van der Waals surface area (Å²) >= 11 is 0. The van der Waals surface area contributed by atoms with Crippen molar-refractivity contribution in [3.8, 4) is 16.9 Å². The van der Waals surface area contributed by atoms with Crippen molar-refractivity contribution >= 4 is 22.9 Å². The Balaban J connectivity index is 1.75. The van der Waals surface area contributed by atoms with Crippen LogP contribution in [0.15, 0.2) is 53.3 Å². The van der Waals surface area contributed by atoms with Gasteiger partial charge in [-0.2, -0.15) is 4.98 Å². The molecule has 3 heterocycles. The first-order valence-electron chi connectivity index (χ1n) is 15.0. The minimum absolute atomic E-state index is 0.00785. The Hall–Kier alpha value is -4.18. The average Bonchev–Trinajstić information content (AvgIpc) is 2.92. The molecule has 1 amide bonds. The zero-order valence-electron chi connectivity index (χ0n) is 26.3. The van der Waals surface area contributed by atoms with Gasteiger partial charge in [-0.05, 0) is 96.7 Å². The number of rotatable bonds is 7. The van der Waals surface area contributed by atoms with Crippen LogP contribution in [0.3, 0.4) is 0 Å². The second-order valence-electron chi connectivity index (χ2n) is 13.2. The molecule has 10 heteroatoms. The smallest absolute Gasteiger partial charge is 0.256 e. The maximum Gasteiger partial charge on any atom is 0.256 e. The van der Waals surface area contributed by atoms with Gasteiger partial charge in [-0.25, -0.2) is 13.8 Å². The van der Waals surface area contributed by atoms with Gasteiger partial charge in [-0.15, -0.1) is 0 Å². The van der Waals surface area contributed by atoms with Gasteiger partial charge in [0.15, 0.2) is 5.65 Å². The van der Waals surface area contributed by atoms with E-state index in [0.717, 1.165) is 41.5 Å². The zero-order valence-corrected chi connectivity index (χ0v) is 26.3. The highest BCUT2D eigenvalue weighted by atomic mass is 19.1. The number of benzene rings is 2. The van der Waals surface area contributed by atoms with E-state index in [1.54, 1.807) is 18.2 Å². The second kappa shape index (κ2) is 11.7. The van der Waals surface area contributed by atoms with Crippen molar-refractivity contribution in [2.75, 3.05) is 5.32 Å². The summed E-state index contributed by atoms with van der Waals surface area (Å²) in [5, 5.41) is 10.5. The highest BCUT2D eigenvalue weighted by Crippen LogP contribution is 2.34. The van der Waals surface area contributed by atoms with E-state index in [4.69, 9.17) is 9.97 Å². The predicted molar refractivity (Wildman–Crippen MR) is 170 cm³/mol. The number of aryl methyl sites for hydroxylation is 1. The van der Waals surface area contributed by atoms with E-state index in [2.05, 4.69) is 43.6 Å². The Morgan fingerprint density at radius 1 is 1.05 bits per heavy atom. The van der Waals surface area contributed by atoms with E-state index < -0.39 is 22.9 Å². The highest BCUT2D eigenvalue weighted by Gasteiger charge is 2.38. The Bertz CT molecular complexity index is 1760. The van der Waals surface area contributed by atoms with Gasteiger partial charge in [0.2, 0.25) is 5.95 Å². The molecule has 1 fully saturated rings. The molecule has 0 radical (unpaired) electrons. The molecule has 4 aromatic rings. The van der Waals surface area contributed by atoms with Crippen molar-refractivity contribution in [2.45, 2.75) is 90.9 Å². The van der Waals surface area contributed by atoms with Gasteiger partial charge in [-0.1, -0.05) is 19.1 Å². The standard InChI is InChI=1S/C34H40F2N6O2/c1-8-20(3)37-31(44)21-13-12-19(2)24(16-21)28-23-14-15-27(43)42(29-25(35)10-9-11-26(29)36)30(23)40-32(39-28)38-22-17-33(4,5)41-34(6,7)18-22/h9-16,20,22,41H,8,17-18H2,1-7H3,(H,37,44)(H,38,39,40). The number of aromatic nitrogens is 3. The molecule has 2 aromatic heterocycles. The molecular formula is C34H40F2N6O2. The summed E-state index contributed by atoms with van der Waals surface area (Å²) < 4.78 is 31.2. The molecule has 0 bridgehead atoms. The largest absolute Gasteiger partial charge is 0.351 e. The molecule has 232 valence electrons. The quantitative estimate of drug-likeness (QED) is 0.230. The number of hydrogen-bond acceptors (Lipinski definition) is 6. The first kappa shape index (κ1) is 31.3. The summed E-state index contributed by atoms with van der Waals surface area (Å²) in [6.45, 7) is 14.4. The SMILES string of the molecule is CCC(C)NC(=O)c1ccc(C)c(-c2nc(NC3CC(C)(C)NC(C)(C)C3)nc3c2ccc(=O)n3-c2c(F)cccc2F)c1. The van der Waals surface area contributed by atoms with Gasteiger partial charge in [0.05, 0.1) is 5.69 Å². The van der Waals surface area contributed by atoms with Crippen molar-refractivity contribution in [2.24, 2.45) is 0 Å². The van der Waals surface area contributed by atoms with E-state index in [-0.39, 0.29) is 40.7 Å². The zero-order chi connectivity index (χ0) is 32.0. The first-order chi connectivity index (χ1) is 20.7. The molecule has 3 N–H and O–H groups in total. The number of carbonyl (C=O) groups excluding carboxylic acids is 1. The summed E-state index contributed by atoms with van der Waals surface area (Å²) in [6, 6.07) is 11.6. The molecule has 1 unspecified atom stereocenters. The fraction of sp³-hybridized carbons (Fsp3) is 0.412. The number of para-hydroxylation sites is 1. The number of piperidine rings is 1. The summed E-state index contributed by atoms with van der Waals surface area (Å²) in [5.41, 5.74) is 0.902. The molecule has 1 aliphatic rings. The lowest BCUT2D eigenvalue weighted by molar-refractivity contribution is 0.0939. The number of anilines is 1. The molecule has 2 aromatic carbocycles. The lowest BCUT2D eigenvalue weighted by Gasteiger charge is -2.46. The van der Waals surface area contributed by atoms with Crippen molar-refractivity contribution in [3.05, 3.63) is 81.6 Å². The molecule has 0 spiro atoms.